The van der Waals surface area contributed by atoms with E-state index in [-0.39, 0.29) is 24.4 Å². The van der Waals surface area contributed by atoms with E-state index in [1.807, 2.05) is 30.3 Å². The van der Waals surface area contributed by atoms with Gasteiger partial charge >= 0.3 is 0 Å². The highest BCUT2D eigenvalue weighted by Crippen LogP contribution is 2.19. The van der Waals surface area contributed by atoms with Crippen molar-refractivity contribution in [1.82, 2.24) is 30.7 Å². The first-order chi connectivity index (χ1) is 19.9. The van der Waals surface area contributed by atoms with E-state index in [4.69, 9.17) is 0 Å². The number of ketones is 1. The summed E-state index contributed by atoms with van der Waals surface area (Å²) in [5.74, 6) is -3.72. The molecule has 4 N–H and O–H groups in total. The zero-order valence-electron chi connectivity index (χ0n) is 23.8. The summed E-state index contributed by atoms with van der Waals surface area (Å²) < 4.78 is 2.49. The fourth-order valence-electron chi connectivity index (χ4n) is 4.77. The van der Waals surface area contributed by atoms with Crippen molar-refractivity contribution in [2.45, 2.75) is 64.1 Å². The Hall–Kier alpha value is -4.06. The summed E-state index contributed by atoms with van der Waals surface area (Å²) in [5.41, 5.74) is 0.748. The summed E-state index contributed by atoms with van der Waals surface area (Å²) in [5, 5.41) is 10.9. The Morgan fingerprint density at radius 1 is 1.05 bits per heavy atom. The molecule has 0 unspecified atom stereocenters. The van der Waals surface area contributed by atoms with Crippen LogP contribution in [0.2, 0.25) is 0 Å². The highest BCUT2D eigenvalue weighted by atomic mass is 79.9. The second-order valence-corrected chi connectivity index (χ2v) is 12.4. The van der Waals surface area contributed by atoms with Crippen LogP contribution >= 0.6 is 15.9 Å². The van der Waals surface area contributed by atoms with E-state index in [1.54, 1.807) is 49.7 Å². The second-order valence-electron chi connectivity index (χ2n) is 11.5. The van der Waals surface area contributed by atoms with Gasteiger partial charge in [0, 0.05) is 41.3 Å². The smallest absolute Gasteiger partial charge is 0.290 e. The molecule has 3 atom stereocenters. The average molecular weight is 640 g/mol. The molecule has 3 heterocycles. The molecule has 4 rings (SSSR count). The lowest BCUT2D eigenvalue weighted by atomic mass is 9.89. The van der Waals surface area contributed by atoms with Gasteiger partial charge in [-0.05, 0) is 73.7 Å². The summed E-state index contributed by atoms with van der Waals surface area (Å²) in [4.78, 5) is 70.0. The number of amides is 4. The Balaban J connectivity index is 1.58. The van der Waals surface area contributed by atoms with Gasteiger partial charge in [0.05, 0.1) is 6.04 Å². The molecule has 12 heteroatoms. The quantitative estimate of drug-likeness (QED) is 0.250. The summed E-state index contributed by atoms with van der Waals surface area (Å²) >= 11 is 3.39. The summed E-state index contributed by atoms with van der Waals surface area (Å²) in [6, 6.07) is 10.3. The van der Waals surface area contributed by atoms with Crippen molar-refractivity contribution in [3.63, 3.8) is 0 Å². The minimum absolute atomic E-state index is 0.0404. The molecule has 1 aliphatic heterocycles. The first kappa shape index (κ1) is 30.9. The van der Waals surface area contributed by atoms with Gasteiger partial charge in [-0.3, -0.25) is 24.0 Å². The Morgan fingerprint density at radius 2 is 1.79 bits per heavy atom. The Labute approximate surface area is 252 Å². The lowest BCUT2D eigenvalue weighted by Crippen LogP contribution is -2.57. The molecule has 0 radical (unpaired) electrons. The lowest BCUT2D eigenvalue weighted by Gasteiger charge is -2.28. The molecule has 0 saturated carbocycles. The molecule has 0 bridgehead atoms. The van der Waals surface area contributed by atoms with E-state index in [2.05, 4.69) is 42.2 Å². The van der Waals surface area contributed by atoms with Crippen LogP contribution < -0.4 is 21.3 Å². The molecule has 1 aromatic carbocycles. The first-order valence-electron chi connectivity index (χ1n) is 13.8. The zero-order chi connectivity index (χ0) is 30.4. The van der Waals surface area contributed by atoms with Gasteiger partial charge in [0.2, 0.25) is 17.6 Å². The lowest BCUT2D eigenvalue weighted by molar-refractivity contribution is -0.142. The third kappa shape index (κ3) is 8.25. The van der Waals surface area contributed by atoms with Crippen molar-refractivity contribution < 1.29 is 24.0 Å². The number of imidazole rings is 1. The minimum atomic E-state index is -1.27. The molecule has 1 saturated heterocycles. The van der Waals surface area contributed by atoms with Crippen LogP contribution in [0.3, 0.4) is 0 Å². The summed E-state index contributed by atoms with van der Waals surface area (Å²) in [6.07, 6.45) is 4.64. The number of fused-ring (bicyclic) bond motifs is 1. The number of nitrogens with one attached hydrogen (secondary N) is 4. The normalized spacial score (nSPS) is 16.7. The van der Waals surface area contributed by atoms with Crippen molar-refractivity contribution >= 4 is 51.0 Å². The van der Waals surface area contributed by atoms with E-state index >= 15 is 0 Å². The number of aromatic nitrogens is 2. The van der Waals surface area contributed by atoms with Crippen LogP contribution in [0, 0.1) is 5.92 Å². The van der Waals surface area contributed by atoms with Crippen LogP contribution in [0.15, 0.2) is 59.3 Å². The number of carbonyl (C=O) groups is 5. The zero-order valence-corrected chi connectivity index (χ0v) is 25.4. The Kier molecular flexibility index (Phi) is 9.77. The van der Waals surface area contributed by atoms with E-state index in [9.17, 15) is 24.0 Å². The number of carbonyl (C=O) groups excluding carboxylic acids is 5. The molecule has 222 valence electrons. The highest BCUT2D eigenvalue weighted by Gasteiger charge is 2.36. The summed E-state index contributed by atoms with van der Waals surface area (Å²) in [7, 11) is 0. The molecule has 2 aromatic heterocycles. The third-order valence-corrected chi connectivity index (χ3v) is 7.29. The van der Waals surface area contributed by atoms with Crippen molar-refractivity contribution in [2.24, 2.45) is 5.92 Å². The van der Waals surface area contributed by atoms with Gasteiger partial charge < -0.3 is 25.7 Å². The molecule has 0 aliphatic carbocycles. The van der Waals surface area contributed by atoms with Gasteiger partial charge in [-0.15, -0.1) is 0 Å². The van der Waals surface area contributed by atoms with E-state index in [0.29, 0.717) is 18.6 Å². The van der Waals surface area contributed by atoms with Gasteiger partial charge in [0.15, 0.2) is 0 Å². The largest absolute Gasteiger partial charge is 0.356 e. The van der Waals surface area contributed by atoms with Crippen molar-refractivity contribution in [3.05, 3.63) is 70.6 Å². The first-order valence-corrected chi connectivity index (χ1v) is 14.6. The molecule has 1 aliphatic rings. The molecular weight excluding hydrogens is 604 g/mol. The van der Waals surface area contributed by atoms with Crippen molar-refractivity contribution in [3.8, 4) is 0 Å². The van der Waals surface area contributed by atoms with Gasteiger partial charge in [-0.2, -0.15) is 0 Å². The number of hydrogen-bond donors (Lipinski definition) is 4. The minimum Gasteiger partial charge on any atom is -0.356 e. The van der Waals surface area contributed by atoms with E-state index in [1.165, 1.54) is 0 Å². The monoisotopic (exact) mass is 638 g/mol. The maximum Gasteiger partial charge on any atom is 0.290 e. The van der Waals surface area contributed by atoms with Crippen LogP contribution in [0.25, 0.3) is 5.65 Å². The number of hydrogen-bond acceptors (Lipinski definition) is 6. The molecule has 1 fully saturated rings. The Morgan fingerprint density at radius 3 is 2.48 bits per heavy atom. The van der Waals surface area contributed by atoms with Crippen LogP contribution in [0.4, 0.5) is 0 Å². The molecule has 0 spiro atoms. The maximum absolute atomic E-state index is 13.7. The van der Waals surface area contributed by atoms with Gasteiger partial charge in [0.1, 0.15) is 17.4 Å². The fraction of sp³-hybridized carbons (Fsp3) is 0.400. The van der Waals surface area contributed by atoms with Crippen molar-refractivity contribution in [2.75, 3.05) is 6.54 Å². The van der Waals surface area contributed by atoms with E-state index in [0.717, 1.165) is 16.5 Å². The van der Waals surface area contributed by atoms with Crippen LogP contribution in [0.5, 0.6) is 0 Å². The van der Waals surface area contributed by atoms with Gasteiger partial charge in [-0.1, -0.05) is 30.3 Å². The number of pyridine rings is 1. The molecule has 42 heavy (non-hydrogen) atoms. The van der Waals surface area contributed by atoms with Crippen LogP contribution in [-0.4, -0.2) is 63.0 Å². The van der Waals surface area contributed by atoms with E-state index < -0.39 is 47.0 Å². The number of benzene rings is 1. The van der Waals surface area contributed by atoms with Crippen LogP contribution in [0.1, 0.15) is 56.1 Å². The predicted octanol–water partition coefficient (Wildman–Crippen LogP) is 2.32. The number of halogens is 1. The van der Waals surface area contributed by atoms with Crippen molar-refractivity contribution in [1.29, 1.82) is 0 Å². The van der Waals surface area contributed by atoms with Crippen LogP contribution in [-0.2, 0) is 25.6 Å². The second kappa shape index (κ2) is 13.3. The molecule has 3 aromatic rings. The molecule has 4 amide bonds. The average Bonchev–Trinajstić information content (AvgIpc) is 3.36. The topological polar surface area (TPSA) is 151 Å². The third-order valence-electron chi connectivity index (χ3n) is 6.82. The van der Waals surface area contributed by atoms with Gasteiger partial charge in [-0.25, -0.2) is 4.98 Å². The number of Topliss-reactive ketones (excluding diaryl/α,β-unsaturated/α-hetero) is 1. The predicted molar refractivity (Wildman–Crippen MR) is 159 cm³/mol. The number of rotatable bonds is 10. The maximum atomic E-state index is 13.7. The highest BCUT2D eigenvalue weighted by molar-refractivity contribution is 9.10. The summed E-state index contributed by atoms with van der Waals surface area (Å²) in [6.45, 7) is 5.76. The molecule has 11 nitrogen and oxygen atoms in total. The number of nitrogens with zero attached hydrogens (tertiary/aromatic N) is 2. The molecular formula is C30H35BrN6O5. The standard InChI is InChI=1S/C30H35BrN6O5/c1-30(2,3)36-29(42)25(38)21(15-19-10-7-13-32-26(19)39)34-27(40)22(14-18-8-5-4-6-9-18)35-28(41)23-17-37-16-20(31)11-12-24(37)33-23/h4-6,8-9,11-12,16-17,19,21-22H,7,10,13-15H2,1-3H3,(H,32,39)(H,34,40)(H,35,41)(H,36,42)/t19-,21-,22-/m0/s1. The fourth-order valence-corrected chi connectivity index (χ4v) is 5.13. The Bertz CT molecular complexity index is 1480. The SMILES string of the molecule is CC(C)(C)NC(=O)C(=O)[C@H](C[C@@H]1CCCNC1=O)NC(=O)[C@H](Cc1ccccc1)NC(=O)c1cn2cc(Br)ccc2n1. The number of piperidine rings is 1. The van der Waals surface area contributed by atoms with Gasteiger partial charge in [0.25, 0.3) is 11.8 Å².